The van der Waals surface area contributed by atoms with Crippen LogP contribution in [0.4, 0.5) is 19.0 Å². The predicted octanol–water partition coefficient (Wildman–Crippen LogP) is 5.86. The summed E-state index contributed by atoms with van der Waals surface area (Å²) in [6.45, 7) is 9.49. The molecule has 4 aromatic heterocycles. The lowest BCUT2D eigenvalue weighted by Gasteiger charge is -2.29. The second-order valence-electron chi connectivity index (χ2n) is 11.9. The number of alkyl halides is 3. The molecule has 0 aromatic carbocycles. The van der Waals surface area contributed by atoms with Gasteiger partial charge in [-0.1, -0.05) is 19.6 Å². The van der Waals surface area contributed by atoms with Gasteiger partial charge < -0.3 is 14.2 Å². The zero-order chi connectivity index (χ0) is 29.9. The fourth-order valence-electron chi connectivity index (χ4n) is 5.14. The van der Waals surface area contributed by atoms with Crippen molar-refractivity contribution in [1.82, 2.24) is 29.3 Å². The van der Waals surface area contributed by atoms with Gasteiger partial charge in [0.2, 0.25) is 0 Å². The van der Waals surface area contributed by atoms with E-state index in [0.29, 0.717) is 39.4 Å². The summed E-state index contributed by atoms with van der Waals surface area (Å²) in [5.74, 6) is 0.365. The molecule has 0 N–H and O–H groups in total. The molecule has 0 saturated heterocycles. The highest BCUT2D eigenvalue weighted by Gasteiger charge is 2.31. The highest BCUT2D eigenvalue weighted by molar-refractivity contribution is 6.76. The number of ketones is 1. The van der Waals surface area contributed by atoms with Crippen LogP contribution >= 0.6 is 0 Å². The number of aromatic nitrogens is 6. The lowest BCUT2D eigenvalue weighted by Crippen LogP contribution is -2.32. The van der Waals surface area contributed by atoms with Crippen molar-refractivity contribution in [3.8, 4) is 0 Å². The lowest BCUT2D eigenvalue weighted by molar-refractivity contribution is -0.135. The van der Waals surface area contributed by atoms with E-state index in [1.165, 1.54) is 6.33 Å². The van der Waals surface area contributed by atoms with Crippen molar-refractivity contribution < 1.29 is 22.7 Å². The van der Waals surface area contributed by atoms with Crippen molar-refractivity contribution in [2.24, 2.45) is 0 Å². The molecule has 5 rings (SSSR count). The Balaban J connectivity index is 1.39. The molecule has 4 aromatic rings. The molecule has 0 bridgehead atoms. The number of fused-ring (bicyclic) bond motifs is 2. The van der Waals surface area contributed by atoms with Crippen LogP contribution in [0.2, 0.25) is 25.7 Å². The molecule has 0 amide bonds. The van der Waals surface area contributed by atoms with Crippen LogP contribution in [-0.2, 0) is 31.0 Å². The highest BCUT2D eigenvalue weighted by Crippen LogP contribution is 2.32. The third-order valence-corrected chi connectivity index (χ3v) is 9.11. The number of Topliss-reactive ketones (excluding diaryl/α,β-unsaturated/α-hetero) is 1. The number of rotatable bonds is 12. The Morgan fingerprint density at radius 1 is 1.12 bits per heavy atom. The summed E-state index contributed by atoms with van der Waals surface area (Å²) >= 11 is 0. The number of hydrogen-bond acceptors (Lipinski definition) is 7. The Morgan fingerprint density at radius 3 is 2.64 bits per heavy atom. The molecule has 0 atom stereocenters. The fraction of sp³-hybridized carbons (Fsp3) is 0.483. The number of pyridine rings is 1. The maximum absolute atomic E-state index is 13.2. The maximum atomic E-state index is 13.2. The molecular weight excluding hydrogens is 563 g/mol. The second kappa shape index (κ2) is 12.3. The summed E-state index contributed by atoms with van der Waals surface area (Å²) in [5.41, 5.74) is 3.63. The molecule has 1 aliphatic rings. The average molecular weight is 600 g/mol. The van der Waals surface area contributed by atoms with Crippen LogP contribution in [0, 0.1) is 0 Å². The summed E-state index contributed by atoms with van der Waals surface area (Å²) in [6, 6.07) is 6.81. The van der Waals surface area contributed by atoms with Crippen molar-refractivity contribution in [2.45, 2.75) is 77.4 Å². The number of halogens is 3. The zero-order valence-electron chi connectivity index (χ0n) is 24.2. The molecule has 42 heavy (non-hydrogen) atoms. The van der Waals surface area contributed by atoms with Crippen LogP contribution in [0.3, 0.4) is 0 Å². The van der Waals surface area contributed by atoms with Gasteiger partial charge in [0.1, 0.15) is 30.2 Å². The third-order valence-electron chi connectivity index (χ3n) is 7.41. The molecule has 0 fully saturated rings. The van der Waals surface area contributed by atoms with E-state index in [1.54, 1.807) is 12.4 Å². The minimum absolute atomic E-state index is 0.212. The third kappa shape index (κ3) is 7.24. The highest BCUT2D eigenvalue weighted by atomic mass is 28.3. The van der Waals surface area contributed by atoms with Crippen molar-refractivity contribution >= 4 is 30.7 Å². The van der Waals surface area contributed by atoms with Gasteiger partial charge in [-0.3, -0.25) is 14.5 Å². The first kappa shape index (κ1) is 29.9. The van der Waals surface area contributed by atoms with Gasteiger partial charge in [0.05, 0.1) is 11.9 Å². The molecule has 13 heteroatoms. The van der Waals surface area contributed by atoms with E-state index in [2.05, 4.69) is 44.6 Å². The standard InChI is InChI=1S/C29H36F3N7O2Si/c1-42(2,3)16-15-41-20-38-13-8-22-27(34-19-35-28(22)38)37-14-9-24-23(18-37)26(25(40)5-4-10-29(30,31)32)36-39(24)17-21-6-11-33-12-7-21/h6-8,11-13,19H,4-5,9-10,14-18,20H2,1-3H3. The minimum Gasteiger partial charge on any atom is -0.361 e. The largest absolute Gasteiger partial charge is 0.389 e. The van der Waals surface area contributed by atoms with Crippen LogP contribution in [0.15, 0.2) is 43.1 Å². The summed E-state index contributed by atoms with van der Waals surface area (Å²) < 4.78 is 48.0. The second-order valence-corrected chi connectivity index (χ2v) is 17.5. The Hall–Kier alpha value is -3.58. The van der Waals surface area contributed by atoms with Gasteiger partial charge in [-0.05, 0) is 36.2 Å². The van der Waals surface area contributed by atoms with Crippen LogP contribution < -0.4 is 4.90 Å². The van der Waals surface area contributed by atoms with E-state index in [9.17, 15) is 18.0 Å². The van der Waals surface area contributed by atoms with E-state index in [-0.39, 0.29) is 24.3 Å². The monoisotopic (exact) mass is 599 g/mol. The number of hydrogen-bond donors (Lipinski definition) is 0. The molecule has 0 unspecified atom stereocenters. The van der Waals surface area contributed by atoms with E-state index >= 15 is 0 Å². The summed E-state index contributed by atoms with van der Waals surface area (Å²) in [6.07, 6.45) is 1.69. The van der Waals surface area contributed by atoms with Gasteiger partial charge >= 0.3 is 6.18 Å². The summed E-state index contributed by atoms with van der Waals surface area (Å²) in [5, 5.41) is 5.52. The van der Waals surface area contributed by atoms with Crippen LogP contribution in [0.1, 0.15) is 46.6 Å². The summed E-state index contributed by atoms with van der Waals surface area (Å²) in [4.78, 5) is 28.5. The predicted molar refractivity (Wildman–Crippen MR) is 156 cm³/mol. The molecular formula is C29H36F3N7O2Si. The van der Waals surface area contributed by atoms with Crippen LogP contribution in [0.5, 0.6) is 0 Å². The first-order valence-electron chi connectivity index (χ1n) is 14.2. The number of anilines is 1. The molecule has 0 spiro atoms. The van der Waals surface area contributed by atoms with Gasteiger partial charge in [-0.25, -0.2) is 9.97 Å². The zero-order valence-corrected chi connectivity index (χ0v) is 25.2. The van der Waals surface area contributed by atoms with E-state index in [1.807, 2.05) is 33.6 Å². The van der Waals surface area contributed by atoms with Crippen LogP contribution in [-0.4, -0.2) is 62.5 Å². The van der Waals surface area contributed by atoms with Gasteiger partial charge in [-0.15, -0.1) is 0 Å². The topological polar surface area (TPSA) is 91.0 Å². The molecule has 0 aliphatic carbocycles. The molecule has 5 heterocycles. The van der Waals surface area contributed by atoms with E-state index < -0.39 is 20.7 Å². The number of carbonyl (C=O) groups is 1. The van der Waals surface area contributed by atoms with Gasteiger partial charge in [-0.2, -0.15) is 18.3 Å². The van der Waals surface area contributed by atoms with Crippen LogP contribution in [0.25, 0.3) is 11.0 Å². The molecule has 0 saturated carbocycles. The Bertz CT molecular complexity index is 1530. The summed E-state index contributed by atoms with van der Waals surface area (Å²) in [7, 11) is -1.19. The van der Waals surface area contributed by atoms with Crippen molar-refractivity contribution in [3.63, 3.8) is 0 Å². The normalized spacial score (nSPS) is 14.0. The number of nitrogens with zero attached hydrogens (tertiary/aromatic N) is 7. The molecule has 9 nitrogen and oxygen atoms in total. The smallest absolute Gasteiger partial charge is 0.361 e. The quantitative estimate of drug-likeness (QED) is 0.114. The minimum atomic E-state index is -4.30. The SMILES string of the molecule is C[Si](C)(C)CCOCn1ccc2c(N3CCc4c(c(C(=O)CCCC(F)(F)F)nn4Cc4ccncc4)C3)ncnc21. The number of carbonyl (C=O) groups excluding carboxylic acids is 1. The van der Waals surface area contributed by atoms with E-state index in [0.717, 1.165) is 39.7 Å². The first-order valence-corrected chi connectivity index (χ1v) is 17.9. The Morgan fingerprint density at radius 2 is 1.90 bits per heavy atom. The van der Waals surface area contributed by atoms with Gasteiger partial charge in [0.25, 0.3) is 0 Å². The van der Waals surface area contributed by atoms with Crippen molar-refractivity contribution in [2.75, 3.05) is 18.1 Å². The fourth-order valence-corrected chi connectivity index (χ4v) is 5.90. The first-order chi connectivity index (χ1) is 20.0. The molecule has 224 valence electrons. The Kier molecular flexibility index (Phi) is 8.78. The molecule has 1 aliphatic heterocycles. The lowest BCUT2D eigenvalue weighted by atomic mass is 10.0. The van der Waals surface area contributed by atoms with Crippen molar-refractivity contribution in [1.29, 1.82) is 0 Å². The maximum Gasteiger partial charge on any atom is 0.389 e. The van der Waals surface area contributed by atoms with Crippen molar-refractivity contribution in [3.05, 3.63) is 65.6 Å². The number of ether oxygens (including phenoxy) is 1. The Labute approximate surface area is 243 Å². The van der Waals surface area contributed by atoms with E-state index in [4.69, 9.17) is 4.74 Å². The van der Waals surface area contributed by atoms with Gasteiger partial charge in [0, 0.05) is 76.9 Å². The van der Waals surface area contributed by atoms with Gasteiger partial charge in [0.15, 0.2) is 5.78 Å². The molecule has 0 radical (unpaired) electrons. The average Bonchev–Trinajstić information content (AvgIpc) is 3.51.